The van der Waals surface area contributed by atoms with Crippen molar-refractivity contribution in [3.63, 3.8) is 0 Å². The zero-order chi connectivity index (χ0) is 33.0. The number of esters is 1. The number of aromatic nitrogens is 1. The summed E-state index contributed by atoms with van der Waals surface area (Å²) in [4.78, 5) is 32.4. The summed E-state index contributed by atoms with van der Waals surface area (Å²) in [6.07, 6.45) is 14.2. The molecule has 0 aromatic carbocycles. The second kappa shape index (κ2) is 21.6. The van der Waals surface area contributed by atoms with Crippen LogP contribution in [-0.4, -0.2) is 64.3 Å². The molecule has 2 rings (SSSR count). The molecule has 1 aliphatic rings. The summed E-state index contributed by atoms with van der Waals surface area (Å²) in [6, 6.07) is 3.15. The number of pyridine rings is 1. The number of primary amides is 1. The Morgan fingerprint density at radius 1 is 0.955 bits per heavy atom. The van der Waals surface area contributed by atoms with Gasteiger partial charge >= 0.3 is 18.1 Å². The van der Waals surface area contributed by atoms with E-state index in [0.29, 0.717) is 6.42 Å². The van der Waals surface area contributed by atoms with Crippen molar-refractivity contribution in [3.05, 3.63) is 42.2 Å². The number of carboxylic acids is 1. The lowest BCUT2D eigenvalue weighted by Gasteiger charge is -2.13. The molecule has 1 fully saturated rings. The van der Waals surface area contributed by atoms with Crippen molar-refractivity contribution in [2.24, 2.45) is 5.73 Å². The Bertz CT molecular complexity index is 1020. The number of hydrogen-bond acceptors (Lipinski definition) is 7. The molecule has 2 heterocycles. The molecule has 4 atom stereocenters. The monoisotopic (exact) mass is 633 g/mol. The molecule has 10 nitrogen and oxygen atoms in total. The summed E-state index contributed by atoms with van der Waals surface area (Å²) in [5, 5.41) is 27.8. The van der Waals surface area contributed by atoms with Gasteiger partial charge in [-0.15, -0.1) is 0 Å². The highest BCUT2D eigenvalue weighted by atomic mass is 19.4. The Morgan fingerprint density at radius 3 is 2.05 bits per heavy atom. The molecule has 0 spiro atoms. The third-order valence-electron chi connectivity index (χ3n) is 7.03. The lowest BCUT2D eigenvalue weighted by molar-refractivity contribution is -0.765. The number of carbonyl (C=O) groups excluding carboxylic acids is 2. The molecule has 0 aliphatic carbocycles. The smallest absolute Gasteiger partial charge is 0.475 e. The molecule has 5 N–H and O–H groups in total. The average molecular weight is 634 g/mol. The van der Waals surface area contributed by atoms with Crippen molar-refractivity contribution in [2.75, 3.05) is 6.61 Å². The highest BCUT2D eigenvalue weighted by Gasteiger charge is 2.48. The maximum Gasteiger partial charge on any atom is 0.490 e. The van der Waals surface area contributed by atoms with E-state index in [1.54, 1.807) is 18.3 Å². The summed E-state index contributed by atoms with van der Waals surface area (Å²) in [5.41, 5.74) is 5.55. The number of ether oxygens (including phenoxy) is 2. The summed E-state index contributed by atoms with van der Waals surface area (Å²) in [5.74, 6) is -3.70. The third-order valence-corrected chi connectivity index (χ3v) is 7.03. The van der Waals surface area contributed by atoms with Crippen molar-refractivity contribution in [1.29, 1.82) is 0 Å². The number of rotatable bonds is 19. The first-order valence-electron chi connectivity index (χ1n) is 15.3. The molecule has 44 heavy (non-hydrogen) atoms. The van der Waals surface area contributed by atoms with Crippen molar-refractivity contribution < 1.29 is 56.9 Å². The maximum absolute atomic E-state index is 12.1. The average Bonchev–Trinajstić information content (AvgIpc) is 3.26. The van der Waals surface area contributed by atoms with Gasteiger partial charge in [-0.1, -0.05) is 70.4 Å². The van der Waals surface area contributed by atoms with Gasteiger partial charge in [-0.05, 0) is 38.2 Å². The predicted molar refractivity (Wildman–Crippen MR) is 155 cm³/mol. The van der Waals surface area contributed by atoms with Gasteiger partial charge in [-0.25, -0.2) is 4.79 Å². The van der Waals surface area contributed by atoms with Gasteiger partial charge in [0, 0.05) is 12.5 Å². The number of carboxylic acid groups (broad SMARTS) is 1. The van der Waals surface area contributed by atoms with Gasteiger partial charge in [0.15, 0.2) is 18.5 Å². The van der Waals surface area contributed by atoms with Crippen LogP contribution >= 0.6 is 0 Å². The van der Waals surface area contributed by atoms with Crippen LogP contribution in [0.15, 0.2) is 36.7 Å². The van der Waals surface area contributed by atoms with E-state index in [0.717, 1.165) is 32.1 Å². The summed E-state index contributed by atoms with van der Waals surface area (Å²) in [7, 11) is 0. The highest BCUT2D eigenvalue weighted by Crippen LogP contribution is 2.26. The van der Waals surface area contributed by atoms with Crippen LogP contribution in [0.1, 0.15) is 113 Å². The molecule has 250 valence electrons. The van der Waals surface area contributed by atoms with Gasteiger partial charge in [-0.3, -0.25) is 9.59 Å². The topological polar surface area (TPSA) is 160 Å². The predicted octanol–water partition coefficient (Wildman–Crippen LogP) is 4.91. The number of aliphatic carboxylic acids is 1. The number of alkyl halides is 3. The number of nitrogens with two attached hydrogens (primary N) is 1. The van der Waals surface area contributed by atoms with Gasteiger partial charge in [0.25, 0.3) is 12.1 Å². The Morgan fingerprint density at radius 2 is 1.50 bits per heavy atom. The van der Waals surface area contributed by atoms with E-state index < -0.39 is 42.6 Å². The molecule has 1 aromatic rings. The molecule has 1 aromatic heterocycles. The molecular formula is C31H48F3N2O8+. The molecule has 13 heteroatoms. The fourth-order valence-corrected chi connectivity index (χ4v) is 4.50. The molecule has 1 amide bonds. The lowest BCUT2D eigenvalue weighted by atomic mass is 10.1. The van der Waals surface area contributed by atoms with Crippen LogP contribution in [0, 0.1) is 0 Å². The Kier molecular flexibility index (Phi) is 19.2. The van der Waals surface area contributed by atoms with E-state index in [-0.39, 0.29) is 18.1 Å². The van der Waals surface area contributed by atoms with E-state index in [1.807, 2.05) is 0 Å². The molecule has 0 radical (unpaired) electrons. The number of aliphatic hydroxyl groups is 2. The second-order valence-electron chi connectivity index (χ2n) is 10.8. The molecule has 1 aliphatic heterocycles. The fourth-order valence-electron chi connectivity index (χ4n) is 4.50. The van der Waals surface area contributed by atoms with Crippen molar-refractivity contribution in [1.82, 2.24) is 0 Å². The Labute approximate surface area is 257 Å². The zero-order valence-corrected chi connectivity index (χ0v) is 25.4. The van der Waals surface area contributed by atoms with Gasteiger partial charge in [-0.2, -0.15) is 17.7 Å². The van der Waals surface area contributed by atoms with E-state index in [1.165, 1.54) is 62.1 Å². The number of hydrogen-bond donors (Lipinski definition) is 4. The lowest BCUT2D eigenvalue weighted by Crippen LogP contribution is -2.46. The summed E-state index contributed by atoms with van der Waals surface area (Å²) in [6.45, 7) is 2.10. The zero-order valence-electron chi connectivity index (χ0n) is 25.4. The van der Waals surface area contributed by atoms with Crippen molar-refractivity contribution in [3.8, 4) is 0 Å². The van der Waals surface area contributed by atoms with Gasteiger partial charge in [0.05, 0.1) is 0 Å². The van der Waals surface area contributed by atoms with Gasteiger partial charge in [0.2, 0.25) is 0 Å². The third kappa shape index (κ3) is 16.2. The molecule has 0 bridgehead atoms. The van der Waals surface area contributed by atoms with Gasteiger partial charge in [0.1, 0.15) is 24.4 Å². The number of allylic oxidation sites excluding steroid dienone is 2. The van der Waals surface area contributed by atoms with E-state index in [4.69, 9.17) is 25.1 Å². The standard InChI is InChI=1S/C29H46N2O6.C2HF3O2/c1-2-3-4-5-6-7-8-9-10-11-12-13-14-15-16-19-25(32)36-22-24-26(33)27(34)29(37-24)31-20-17-18-23(21-31)28(30)35;3-2(4,5)1(6)7/h9-10,17-18,20-21,24,26-27,29,33-34H,2-8,11-16,19,22H2,1H3,(H-,30,35);(H,6,7)/p+1/b10-9-;/t24?,26-,27-,29-;/m1./s1. The number of amides is 1. The van der Waals surface area contributed by atoms with Crippen LogP contribution in [0.5, 0.6) is 0 Å². The molecule has 0 saturated carbocycles. The molecule has 1 saturated heterocycles. The Hall–Kier alpha value is -3.03. The van der Waals surface area contributed by atoms with E-state index >= 15 is 0 Å². The highest BCUT2D eigenvalue weighted by molar-refractivity contribution is 5.92. The molecular weight excluding hydrogens is 585 g/mol. The van der Waals surface area contributed by atoms with Crippen LogP contribution in [-0.2, 0) is 19.1 Å². The first-order chi connectivity index (χ1) is 20.9. The minimum Gasteiger partial charge on any atom is -0.475 e. The number of halogens is 3. The van der Waals surface area contributed by atoms with Crippen molar-refractivity contribution >= 4 is 17.8 Å². The van der Waals surface area contributed by atoms with Gasteiger partial charge < -0.3 is 30.5 Å². The number of carbonyl (C=O) groups is 3. The molecule has 1 unspecified atom stereocenters. The number of unbranched alkanes of at least 4 members (excludes halogenated alkanes) is 11. The largest absolute Gasteiger partial charge is 0.490 e. The first kappa shape index (κ1) is 39.0. The van der Waals surface area contributed by atoms with E-state index in [2.05, 4.69) is 19.1 Å². The Balaban J connectivity index is 0.00000123. The normalized spacial score (nSPS) is 19.9. The quantitative estimate of drug-likeness (QED) is 0.0724. The summed E-state index contributed by atoms with van der Waals surface area (Å²) >= 11 is 0. The maximum atomic E-state index is 12.1. The van der Waals surface area contributed by atoms with Crippen molar-refractivity contribution in [2.45, 2.75) is 128 Å². The minimum absolute atomic E-state index is 0.144. The fraction of sp³-hybridized carbons (Fsp3) is 0.677. The van der Waals surface area contributed by atoms with E-state index in [9.17, 15) is 33.0 Å². The van der Waals surface area contributed by atoms with Crippen LogP contribution < -0.4 is 10.3 Å². The van der Waals surface area contributed by atoms with Crippen LogP contribution in [0.2, 0.25) is 0 Å². The summed E-state index contributed by atoms with van der Waals surface area (Å²) < 4.78 is 44.2. The SMILES string of the molecule is CCCCCCCC/C=C\CCCCCCCC(=O)OCC1O[C@@H]([n+]2cccc(C(N)=O)c2)[C@H](O)[C@@H]1O.O=C(O)C(F)(F)F. The first-order valence-corrected chi connectivity index (χ1v) is 15.3. The van der Waals surface area contributed by atoms with Crippen LogP contribution in [0.4, 0.5) is 13.2 Å². The number of aliphatic hydroxyl groups excluding tert-OH is 2. The minimum atomic E-state index is -5.08. The van der Waals surface area contributed by atoms with Crippen LogP contribution in [0.25, 0.3) is 0 Å². The second-order valence-corrected chi connectivity index (χ2v) is 10.8. The van der Waals surface area contributed by atoms with Crippen LogP contribution in [0.3, 0.4) is 0 Å². The number of nitrogens with zero attached hydrogens (tertiary/aromatic N) is 1.